The number of nitrogens with zero attached hydrogens (tertiary/aromatic N) is 6. The summed E-state index contributed by atoms with van der Waals surface area (Å²) in [5, 5.41) is 6.75. The largest absolute Gasteiger partial charge is 0.480 e. The summed E-state index contributed by atoms with van der Waals surface area (Å²) in [6.07, 6.45) is 3.32. The van der Waals surface area contributed by atoms with Gasteiger partial charge >= 0.3 is 12.2 Å². The van der Waals surface area contributed by atoms with E-state index in [4.69, 9.17) is 52.4 Å². The summed E-state index contributed by atoms with van der Waals surface area (Å²) in [4.78, 5) is 71.1. The standard InChI is InChI=1S/C47H56Cl2N8O7/c1-46(2,3)63-44(60)56(24-27-15-19-38(58)51-27)26-36-43(62-8)54-35(23-50-36)32-14-10-12-30(41(32)49)29-11-9-13-31(40(29)48)34-18-17-33-37(21-22-55(7)42(33)53-34)57(45(61)64-47(4,5)6)25-28-16-20-39(59)52-28/h9-14,17-18,23,27-28,37H,15-16,19-22,24-26H2,1-8H3,(H,51,58)(H,52,59)/t27-,28-,37?/m0/s1. The van der Waals surface area contributed by atoms with Crippen molar-refractivity contribution in [3.05, 3.63) is 76.0 Å². The molecular weight excluding hydrogens is 859 g/mol. The van der Waals surface area contributed by atoms with Crippen LogP contribution in [0.15, 0.2) is 54.7 Å². The number of hydrogen-bond acceptors (Lipinski definition) is 11. The fourth-order valence-corrected chi connectivity index (χ4v) is 8.89. The zero-order chi connectivity index (χ0) is 46.1. The molecule has 15 nitrogen and oxygen atoms in total. The molecule has 1 unspecified atom stereocenters. The highest BCUT2D eigenvalue weighted by atomic mass is 35.5. The van der Waals surface area contributed by atoms with Gasteiger partial charge in [-0.2, -0.15) is 0 Å². The maximum Gasteiger partial charge on any atom is 0.410 e. The Morgan fingerprint density at radius 1 is 0.766 bits per heavy atom. The van der Waals surface area contributed by atoms with Crippen LogP contribution in [0.4, 0.5) is 15.4 Å². The van der Waals surface area contributed by atoms with Gasteiger partial charge < -0.3 is 34.6 Å². The molecular formula is C47H56Cl2N8O7. The Balaban J connectivity index is 1.17. The minimum Gasteiger partial charge on any atom is -0.480 e. The molecule has 2 aromatic heterocycles. The van der Waals surface area contributed by atoms with Crippen LogP contribution >= 0.6 is 23.2 Å². The number of carbonyl (C=O) groups is 4. The lowest BCUT2D eigenvalue weighted by Gasteiger charge is -2.40. The van der Waals surface area contributed by atoms with Gasteiger partial charge in [0.05, 0.1) is 47.3 Å². The lowest BCUT2D eigenvalue weighted by molar-refractivity contribution is -0.120. The van der Waals surface area contributed by atoms with E-state index in [0.29, 0.717) is 94.6 Å². The Morgan fingerprint density at radius 2 is 1.33 bits per heavy atom. The molecule has 3 atom stereocenters. The number of ether oxygens (including phenoxy) is 3. The van der Waals surface area contributed by atoms with E-state index in [1.807, 2.05) is 76.3 Å². The zero-order valence-electron chi connectivity index (χ0n) is 37.6. The third-order valence-electron chi connectivity index (χ3n) is 11.2. The monoisotopic (exact) mass is 914 g/mol. The molecule has 340 valence electrons. The first-order valence-corrected chi connectivity index (χ1v) is 22.3. The van der Waals surface area contributed by atoms with Gasteiger partial charge in [0.15, 0.2) is 0 Å². The van der Waals surface area contributed by atoms with Crippen LogP contribution in [0.5, 0.6) is 5.88 Å². The third kappa shape index (κ3) is 10.6. The van der Waals surface area contributed by atoms with Crippen LogP contribution in [0.2, 0.25) is 10.0 Å². The van der Waals surface area contributed by atoms with Crippen LogP contribution in [0.3, 0.4) is 0 Å². The molecule has 5 heterocycles. The summed E-state index contributed by atoms with van der Waals surface area (Å²) in [6, 6.07) is 14.5. The SMILES string of the molecule is COc1nc(-c2cccc(-c3cccc(-c4ccc5c(n4)N(C)CCC5N(C[C@@H]4CCC(=O)N4)C(=O)OC(C)(C)C)c3Cl)c2Cl)cnc1CN(C[C@@H]1CCC(=O)N1)C(=O)OC(C)(C)C. The molecule has 3 aliphatic rings. The number of fused-ring (bicyclic) bond motifs is 1. The Hall–Kier alpha value is -5.67. The number of carbonyl (C=O) groups excluding carboxylic acids is 4. The van der Waals surface area contributed by atoms with Crippen LogP contribution in [0.25, 0.3) is 33.6 Å². The van der Waals surface area contributed by atoms with Crippen molar-refractivity contribution in [2.45, 2.75) is 110 Å². The van der Waals surface area contributed by atoms with Gasteiger partial charge in [0.2, 0.25) is 17.7 Å². The second-order valence-electron chi connectivity index (χ2n) is 18.5. The van der Waals surface area contributed by atoms with Crippen molar-refractivity contribution in [3.63, 3.8) is 0 Å². The summed E-state index contributed by atoms with van der Waals surface area (Å²) in [5.41, 5.74) is 3.52. The Kier molecular flexibility index (Phi) is 13.6. The van der Waals surface area contributed by atoms with Crippen LogP contribution in [-0.2, 0) is 25.6 Å². The Bertz CT molecular complexity index is 2440. The number of nitrogens with one attached hydrogen (secondary N) is 2. The Morgan fingerprint density at radius 3 is 1.89 bits per heavy atom. The van der Waals surface area contributed by atoms with E-state index in [-0.39, 0.29) is 48.9 Å². The lowest BCUT2D eigenvalue weighted by Crippen LogP contribution is -2.47. The fourth-order valence-electron chi connectivity index (χ4n) is 8.24. The minimum atomic E-state index is -0.736. The molecule has 2 aromatic carbocycles. The van der Waals surface area contributed by atoms with Gasteiger partial charge in [0, 0.05) is 79.4 Å². The molecule has 64 heavy (non-hydrogen) atoms. The molecule has 0 bridgehead atoms. The quantitative estimate of drug-likeness (QED) is 0.148. The predicted octanol–water partition coefficient (Wildman–Crippen LogP) is 8.60. The van der Waals surface area contributed by atoms with Crippen molar-refractivity contribution in [2.24, 2.45) is 0 Å². The topological polar surface area (TPSA) is 168 Å². The van der Waals surface area contributed by atoms with Gasteiger partial charge in [-0.3, -0.25) is 19.5 Å². The van der Waals surface area contributed by atoms with E-state index < -0.39 is 23.4 Å². The van der Waals surface area contributed by atoms with Gasteiger partial charge in [-0.05, 0) is 66.9 Å². The highest BCUT2D eigenvalue weighted by Gasteiger charge is 2.38. The molecule has 3 aliphatic heterocycles. The number of pyridine rings is 1. The van der Waals surface area contributed by atoms with E-state index in [9.17, 15) is 19.2 Å². The zero-order valence-corrected chi connectivity index (χ0v) is 39.1. The van der Waals surface area contributed by atoms with Gasteiger partial charge in [-0.25, -0.2) is 19.6 Å². The maximum atomic E-state index is 13.8. The highest BCUT2D eigenvalue weighted by molar-refractivity contribution is 6.39. The summed E-state index contributed by atoms with van der Waals surface area (Å²) >= 11 is 14.5. The molecule has 0 aliphatic carbocycles. The molecule has 4 aromatic rings. The van der Waals surface area contributed by atoms with E-state index in [1.165, 1.54) is 12.0 Å². The van der Waals surface area contributed by atoms with E-state index in [0.717, 1.165) is 11.4 Å². The molecule has 2 fully saturated rings. The number of halogens is 2. The number of aromatic nitrogens is 3. The number of methoxy groups -OCH3 is 1. The van der Waals surface area contributed by atoms with E-state index in [1.54, 1.807) is 31.9 Å². The molecule has 2 saturated heterocycles. The maximum absolute atomic E-state index is 13.8. The van der Waals surface area contributed by atoms with Crippen molar-refractivity contribution in [2.75, 3.05) is 38.7 Å². The second-order valence-corrected chi connectivity index (χ2v) is 19.2. The van der Waals surface area contributed by atoms with Crippen LogP contribution in [-0.4, -0.2) is 106 Å². The van der Waals surface area contributed by atoms with E-state index >= 15 is 0 Å². The fraction of sp³-hybridized carbons (Fsp3) is 0.468. The number of amides is 4. The molecule has 0 saturated carbocycles. The first-order chi connectivity index (χ1) is 30.3. The first-order valence-electron chi connectivity index (χ1n) is 21.5. The molecule has 17 heteroatoms. The predicted molar refractivity (Wildman–Crippen MR) is 245 cm³/mol. The summed E-state index contributed by atoms with van der Waals surface area (Å²) in [6.45, 7) is 12.1. The van der Waals surface area contributed by atoms with E-state index in [2.05, 4.69) is 15.5 Å². The average Bonchev–Trinajstić information content (AvgIpc) is 3.85. The van der Waals surface area contributed by atoms with Gasteiger partial charge in [-0.1, -0.05) is 65.7 Å². The van der Waals surface area contributed by atoms with Crippen molar-refractivity contribution in [3.8, 4) is 39.5 Å². The van der Waals surface area contributed by atoms with Crippen molar-refractivity contribution in [1.29, 1.82) is 0 Å². The minimum absolute atomic E-state index is 0.0197. The first kappa shape index (κ1) is 46.3. The van der Waals surface area contributed by atoms with Gasteiger partial charge in [0.1, 0.15) is 22.7 Å². The number of anilines is 1. The average molecular weight is 916 g/mol. The molecule has 2 N–H and O–H groups in total. The molecule has 7 rings (SSSR count). The highest BCUT2D eigenvalue weighted by Crippen LogP contribution is 2.44. The number of hydrogen-bond donors (Lipinski definition) is 2. The summed E-state index contributed by atoms with van der Waals surface area (Å²) in [7, 11) is 3.46. The number of benzene rings is 2. The van der Waals surface area contributed by atoms with Crippen LogP contribution in [0.1, 0.15) is 90.9 Å². The van der Waals surface area contributed by atoms with Crippen LogP contribution in [0, 0.1) is 0 Å². The lowest BCUT2D eigenvalue weighted by atomic mass is 9.95. The molecule has 4 amide bonds. The second kappa shape index (κ2) is 18.8. The van der Waals surface area contributed by atoms with Crippen molar-refractivity contribution in [1.82, 2.24) is 35.4 Å². The molecule has 0 radical (unpaired) electrons. The summed E-state index contributed by atoms with van der Waals surface area (Å²) < 4.78 is 17.3. The van der Waals surface area contributed by atoms with Gasteiger partial charge in [-0.15, -0.1) is 0 Å². The van der Waals surface area contributed by atoms with Crippen molar-refractivity contribution < 1.29 is 33.4 Å². The van der Waals surface area contributed by atoms with Gasteiger partial charge in [0.25, 0.3) is 0 Å². The molecule has 0 spiro atoms. The summed E-state index contributed by atoms with van der Waals surface area (Å²) in [5.74, 6) is 0.843. The number of rotatable bonds is 11. The third-order valence-corrected chi connectivity index (χ3v) is 12.0. The Labute approximate surface area is 384 Å². The smallest absolute Gasteiger partial charge is 0.410 e. The normalized spacial score (nSPS) is 18.5. The van der Waals surface area contributed by atoms with Crippen molar-refractivity contribution >= 4 is 53.0 Å². The van der Waals surface area contributed by atoms with Crippen LogP contribution < -0.4 is 20.3 Å².